The molecule has 0 spiro atoms. The second-order valence-corrected chi connectivity index (χ2v) is 28.2. The van der Waals surface area contributed by atoms with Gasteiger partial charge in [-0.05, 0) is 186 Å². The van der Waals surface area contributed by atoms with Crippen molar-refractivity contribution >= 4 is 38.1 Å². The molecule has 3 aromatic carbocycles. The molecule has 12 aliphatic rings. The van der Waals surface area contributed by atoms with Crippen LogP contribution in [0.25, 0.3) is 11.1 Å². The number of hydrogen-bond donors (Lipinski definition) is 6. The van der Waals surface area contributed by atoms with E-state index in [1.807, 2.05) is 0 Å². The summed E-state index contributed by atoms with van der Waals surface area (Å²) in [5.74, 6) is -1.52. The lowest BCUT2D eigenvalue weighted by Crippen LogP contribution is -2.66. The van der Waals surface area contributed by atoms with Crippen molar-refractivity contribution < 1.29 is 79.7 Å². The average molecular weight is 1050 g/mol. The first-order valence-corrected chi connectivity index (χ1v) is 28.4. The second kappa shape index (κ2) is 16.3. The van der Waals surface area contributed by atoms with Gasteiger partial charge in [0, 0.05) is 29.1 Å². The molecule has 12 saturated carbocycles. The summed E-state index contributed by atoms with van der Waals surface area (Å²) in [7, 11) is -9.70. The van der Waals surface area contributed by atoms with E-state index in [1.54, 1.807) is 24.3 Å². The van der Waals surface area contributed by atoms with Gasteiger partial charge in [-0.25, -0.2) is 14.4 Å². The van der Waals surface area contributed by atoms with Crippen molar-refractivity contribution in [3.05, 3.63) is 77.4 Å². The molecule has 0 aromatic heterocycles. The molecule has 0 heterocycles. The Labute approximate surface area is 423 Å². The fourth-order valence-electron chi connectivity index (χ4n) is 17.9. The van der Waals surface area contributed by atoms with Crippen LogP contribution in [0.5, 0.6) is 5.75 Å². The highest BCUT2D eigenvalue weighted by molar-refractivity contribution is 7.86. The maximum Gasteiger partial charge on any atom is 0.338 e. The largest absolute Gasteiger partial charge is 0.487 e. The van der Waals surface area contributed by atoms with Crippen molar-refractivity contribution in [2.24, 2.45) is 39.9 Å². The smallest absolute Gasteiger partial charge is 0.338 e. The van der Waals surface area contributed by atoms with Gasteiger partial charge in [-0.3, -0.25) is 9.11 Å². The number of benzene rings is 3. The van der Waals surface area contributed by atoms with Crippen LogP contribution in [-0.2, 0) is 34.4 Å². The molecule has 12 bridgehead atoms. The first-order chi connectivity index (χ1) is 34.1. The van der Waals surface area contributed by atoms with Crippen molar-refractivity contribution in [3.63, 3.8) is 0 Å². The third-order valence-corrected chi connectivity index (χ3v) is 20.2. The number of ether oxygens (including phenoxy) is 4. The first kappa shape index (κ1) is 49.4. The number of aliphatic hydroxyl groups is 4. The minimum atomic E-state index is -4.92. The molecule has 0 saturated heterocycles. The maximum absolute atomic E-state index is 13.9. The van der Waals surface area contributed by atoms with Crippen LogP contribution in [0.15, 0.2) is 70.5 Å². The molecule has 19 heteroatoms. The van der Waals surface area contributed by atoms with Crippen LogP contribution < -0.4 is 4.74 Å². The second-order valence-electron chi connectivity index (χ2n) is 25.4. The molecule has 0 radical (unpaired) electrons. The SMILES string of the molecule is O=C(OCC12CC3CC(CC(O)(C3)C1)C2)c1cc(-c2cccc(OC34CC5CC(O)(CC(COC(=O)c6cc(C(=O)OCC78CC9CC(O)(CC(O)(C9)C7)C8)cc(S(=O)(=O)O)c6)(C5)C3)C4)c2)cc(S(=O)(=O)O)c1. The number of rotatable bonds is 14. The van der Waals surface area contributed by atoms with E-state index < -0.39 is 86.8 Å². The van der Waals surface area contributed by atoms with Crippen molar-refractivity contribution in [2.75, 3.05) is 19.8 Å². The van der Waals surface area contributed by atoms with Gasteiger partial charge < -0.3 is 39.4 Å². The predicted molar refractivity (Wildman–Crippen MR) is 256 cm³/mol. The summed E-state index contributed by atoms with van der Waals surface area (Å²) >= 11 is 0. The van der Waals surface area contributed by atoms with Gasteiger partial charge in [0.25, 0.3) is 20.2 Å². The van der Waals surface area contributed by atoms with E-state index >= 15 is 0 Å². The monoisotopic (exact) mass is 1050 g/mol. The van der Waals surface area contributed by atoms with E-state index in [1.165, 1.54) is 12.1 Å². The number of carbonyl (C=O) groups is 3. The lowest BCUT2D eigenvalue weighted by Gasteiger charge is -2.64. The zero-order valence-corrected chi connectivity index (χ0v) is 42.1. The van der Waals surface area contributed by atoms with Gasteiger partial charge in [-0.15, -0.1) is 0 Å². The average Bonchev–Trinajstić information content (AvgIpc) is 3.25. The number of hydrogen-bond acceptors (Lipinski definition) is 15. The van der Waals surface area contributed by atoms with E-state index in [-0.39, 0.29) is 73.0 Å². The van der Waals surface area contributed by atoms with Gasteiger partial charge >= 0.3 is 17.9 Å². The molecule has 73 heavy (non-hydrogen) atoms. The lowest BCUT2D eigenvalue weighted by atomic mass is 9.46. The van der Waals surface area contributed by atoms with Crippen molar-refractivity contribution in [1.82, 2.24) is 0 Å². The molecule has 0 aliphatic heterocycles. The first-order valence-electron chi connectivity index (χ1n) is 25.6. The molecule has 6 N–H and O–H groups in total. The number of esters is 3. The van der Waals surface area contributed by atoms with E-state index in [0.29, 0.717) is 92.9 Å². The van der Waals surface area contributed by atoms with E-state index in [4.69, 9.17) is 18.9 Å². The Morgan fingerprint density at radius 2 is 0.918 bits per heavy atom. The maximum atomic E-state index is 13.9. The Morgan fingerprint density at radius 1 is 0.466 bits per heavy atom. The molecule has 12 aliphatic carbocycles. The fourth-order valence-corrected chi connectivity index (χ4v) is 19.0. The van der Waals surface area contributed by atoms with E-state index in [0.717, 1.165) is 56.4 Å². The van der Waals surface area contributed by atoms with Crippen LogP contribution in [0.4, 0.5) is 0 Å². The Balaban J connectivity index is 0.749. The third kappa shape index (κ3) is 9.31. The summed E-state index contributed by atoms with van der Waals surface area (Å²) in [5.41, 5.74) is -6.77. The zero-order chi connectivity index (χ0) is 51.4. The molecule has 8 atom stereocenters. The van der Waals surface area contributed by atoms with Gasteiger partial charge in [-0.1, -0.05) is 12.1 Å². The van der Waals surface area contributed by atoms with Gasteiger partial charge in [0.05, 0.1) is 68.7 Å². The van der Waals surface area contributed by atoms with Gasteiger partial charge in [-0.2, -0.15) is 16.8 Å². The summed E-state index contributed by atoms with van der Waals surface area (Å²) < 4.78 is 94.8. The molecule has 392 valence electrons. The molecule has 12 fully saturated rings. The van der Waals surface area contributed by atoms with Gasteiger partial charge in [0.1, 0.15) is 11.4 Å². The summed E-state index contributed by atoms with van der Waals surface area (Å²) in [6.45, 7) is -0.241. The Hall–Kier alpha value is -4.47. The Kier molecular flexibility index (Phi) is 11.0. The summed E-state index contributed by atoms with van der Waals surface area (Å²) in [5, 5.41) is 45.7. The summed E-state index contributed by atoms with van der Waals surface area (Å²) in [6.07, 6.45) is 10.1. The van der Waals surface area contributed by atoms with E-state index in [9.17, 15) is 60.8 Å². The van der Waals surface area contributed by atoms with Crippen LogP contribution in [0, 0.1) is 39.9 Å². The molecule has 0 amide bonds. The molecule has 17 nitrogen and oxygen atoms in total. The quantitative estimate of drug-likeness (QED) is 0.0562. The van der Waals surface area contributed by atoms with Crippen molar-refractivity contribution in [2.45, 2.75) is 153 Å². The predicted octanol–water partition coefficient (Wildman–Crippen LogP) is 6.63. The standard InChI is InChI=1S/C54H62O17S2/c55-44(68-29-47-12-32-4-33(13-47)17-50(58,16-32)22-47)38-5-37(8-42(9-38)72(62,63)64)36-2-1-3-41(7-36)71-54-21-35-15-49(26-54,25-53(61,20-35)28-54)31-70-46(57)40-6-39(10-43(11-40)73(65,66)67)45(56)69-30-48-14-34-18-51(59,23-48)27-52(60,19-34)24-48/h1-3,5-11,32-35,58-61H,4,12-31H2,(H,62,63,64)(H,65,66,67). The third-order valence-electron chi connectivity index (χ3n) is 18.5. The highest BCUT2D eigenvalue weighted by Gasteiger charge is 2.66. The number of carbonyl (C=O) groups excluding carboxylic acids is 3. The van der Waals surface area contributed by atoms with Gasteiger partial charge in [0.15, 0.2) is 0 Å². The Morgan fingerprint density at radius 3 is 1.44 bits per heavy atom. The van der Waals surface area contributed by atoms with Gasteiger partial charge in [0.2, 0.25) is 0 Å². The highest BCUT2D eigenvalue weighted by atomic mass is 32.2. The normalized spacial score (nSPS) is 39.4. The lowest BCUT2D eigenvalue weighted by molar-refractivity contribution is -0.237. The van der Waals surface area contributed by atoms with Crippen molar-refractivity contribution in [3.8, 4) is 16.9 Å². The molecule has 15 rings (SSSR count). The van der Waals surface area contributed by atoms with Crippen LogP contribution in [0.2, 0.25) is 0 Å². The zero-order valence-electron chi connectivity index (χ0n) is 40.4. The van der Waals surface area contributed by atoms with Crippen LogP contribution in [0.3, 0.4) is 0 Å². The van der Waals surface area contributed by atoms with Crippen LogP contribution in [0.1, 0.15) is 147 Å². The Bertz CT molecular complexity index is 3050. The fraction of sp³-hybridized carbons (Fsp3) is 0.611. The molecular formula is C54H62O17S2. The van der Waals surface area contributed by atoms with Crippen LogP contribution >= 0.6 is 0 Å². The van der Waals surface area contributed by atoms with E-state index in [2.05, 4.69) is 0 Å². The topological polar surface area (TPSA) is 278 Å². The summed E-state index contributed by atoms with van der Waals surface area (Å²) in [4.78, 5) is 40.0. The highest BCUT2D eigenvalue weighted by Crippen LogP contribution is 2.66. The minimum absolute atomic E-state index is 0.0240. The molecule has 8 unspecified atom stereocenters. The molecule has 3 aromatic rings. The molecular weight excluding hydrogens is 985 g/mol. The van der Waals surface area contributed by atoms with Crippen molar-refractivity contribution in [1.29, 1.82) is 0 Å². The minimum Gasteiger partial charge on any atom is -0.487 e. The van der Waals surface area contributed by atoms with Crippen LogP contribution in [-0.4, -0.2) is 112 Å². The summed E-state index contributed by atoms with van der Waals surface area (Å²) in [6, 6.07) is 13.6.